The van der Waals surface area contributed by atoms with Gasteiger partial charge >= 0.3 is 0 Å². The molecule has 4 rings (SSSR count). The predicted molar refractivity (Wildman–Crippen MR) is 107 cm³/mol. The van der Waals surface area contributed by atoms with E-state index in [1.165, 1.54) is 34.2 Å². The Kier molecular flexibility index (Phi) is 4.78. The number of amides is 1. The van der Waals surface area contributed by atoms with Crippen molar-refractivity contribution in [3.05, 3.63) is 28.8 Å². The van der Waals surface area contributed by atoms with Crippen molar-refractivity contribution in [1.29, 1.82) is 0 Å². The van der Waals surface area contributed by atoms with Crippen molar-refractivity contribution in [2.45, 2.75) is 30.8 Å². The van der Waals surface area contributed by atoms with Crippen LogP contribution in [0.3, 0.4) is 0 Å². The number of aryl methyl sites for hydroxylation is 1. The summed E-state index contributed by atoms with van der Waals surface area (Å²) >= 11 is 2.96. The molecule has 3 N–H and O–H groups in total. The molecule has 3 aromatic heterocycles. The number of rotatable bonds is 5. The second kappa shape index (κ2) is 7.20. The zero-order valence-electron chi connectivity index (χ0n) is 14.4. The molecule has 0 aromatic carbocycles. The molecule has 0 aliphatic heterocycles. The third-order valence-corrected chi connectivity index (χ3v) is 6.21. The molecule has 3 aromatic rings. The lowest BCUT2D eigenvalue weighted by atomic mass is 9.90. The molecular formula is C18H19N5OS2. The van der Waals surface area contributed by atoms with Crippen LogP contribution in [0.25, 0.3) is 21.5 Å². The van der Waals surface area contributed by atoms with Gasteiger partial charge in [-0.25, -0.2) is 15.0 Å². The lowest BCUT2D eigenvalue weighted by Gasteiger charge is -2.21. The molecule has 0 atom stereocenters. The fourth-order valence-electron chi connectivity index (χ4n) is 3.37. The van der Waals surface area contributed by atoms with E-state index in [2.05, 4.69) is 32.8 Å². The zero-order chi connectivity index (χ0) is 18.1. The molecular weight excluding hydrogens is 366 g/mol. The summed E-state index contributed by atoms with van der Waals surface area (Å²) in [7, 11) is 1.85. The van der Waals surface area contributed by atoms with Crippen LogP contribution in [-0.2, 0) is 17.6 Å². The Morgan fingerprint density at radius 2 is 2.15 bits per heavy atom. The van der Waals surface area contributed by atoms with E-state index in [1.807, 2.05) is 7.05 Å². The summed E-state index contributed by atoms with van der Waals surface area (Å²) in [6, 6.07) is 4.21. The van der Waals surface area contributed by atoms with Gasteiger partial charge in [-0.3, -0.25) is 4.79 Å². The monoisotopic (exact) mass is 385 g/mol. The minimum atomic E-state index is -0.387. The number of nitrogens with two attached hydrogens (primary N) is 1. The highest BCUT2D eigenvalue weighted by molar-refractivity contribution is 7.99. The van der Waals surface area contributed by atoms with Gasteiger partial charge in [-0.2, -0.15) is 0 Å². The van der Waals surface area contributed by atoms with Gasteiger partial charge < -0.3 is 11.1 Å². The SMILES string of the molecule is CNc1nc(SCC(N)=O)nc2nc3c(c(-c4cccs4)c12)CCCC3. The van der Waals surface area contributed by atoms with Gasteiger partial charge in [0.25, 0.3) is 0 Å². The summed E-state index contributed by atoms with van der Waals surface area (Å²) in [4.78, 5) is 26.4. The Morgan fingerprint density at radius 1 is 1.31 bits per heavy atom. The van der Waals surface area contributed by atoms with Crippen LogP contribution < -0.4 is 11.1 Å². The molecule has 0 fully saturated rings. The molecule has 134 valence electrons. The van der Waals surface area contributed by atoms with E-state index >= 15 is 0 Å². The fourth-order valence-corrected chi connectivity index (χ4v) is 4.76. The van der Waals surface area contributed by atoms with Crippen molar-refractivity contribution in [3.8, 4) is 10.4 Å². The molecule has 0 spiro atoms. The average molecular weight is 386 g/mol. The van der Waals surface area contributed by atoms with Gasteiger partial charge in [0.1, 0.15) is 5.82 Å². The topological polar surface area (TPSA) is 93.8 Å². The normalized spacial score (nSPS) is 13.6. The number of nitrogens with one attached hydrogen (secondary N) is 1. The van der Waals surface area contributed by atoms with Crippen LogP contribution in [0.4, 0.5) is 5.82 Å². The fraction of sp³-hybridized carbons (Fsp3) is 0.333. The Labute approximate surface area is 159 Å². The molecule has 26 heavy (non-hydrogen) atoms. The maximum Gasteiger partial charge on any atom is 0.227 e. The maximum absolute atomic E-state index is 11.1. The first-order valence-electron chi connectivity index (χ1n) is 8.53. The highest BCUT2D eigenvalue weighted by atomic mass is 32.2. The van der Waals surface area contributed by atoms with Gasteiger partial charge in [-0.15, -0.1) is 11.3 Å². The van der Waals surface area contributed by atoms with E-state index in [-0.39, 0.29) is 11.7 Å². The van der Waals surface area contributed by atoms with E-state index in [4.69, 9.17) is 10.7 Å². The molecule has 3 heterocycles. The number of primary amides is 1. The summed E-state index contributed by atoms with van der Waals surface area (Å²) < 4.78 is 0. The molecule has 1 aliphatic rings. The summed E-state index contributed by atoms with van der Waals surface area (Å²) in [6.07, 6.45) is 4.35. The van der Waals surface area contributed by atoms with Crippen LogP contribution in [-0.4, -0.2) is 33.7 Å². The van der Waals surface area contributed by atoms with E-state index in [0.717, 1.165) is 36.2 Å². The number of fused-ring (bicyclic) bond motifs is 2. The Hall–Kier alpha value is -2.19. The van der Waals surface area contributed by atoms with Gasteiger partial charge in [-0.1, -0.05) is 17.8 Å². The molecule has 0 saturated heterocycles. The molecule has 0 saturated carbocycles. The number of hydrogen-bond donors (Lipinski definition) is 2. The largest absolute Gasteiger partial charge is 0.372 e. The minimum Gasteiger partial charge on any atom is -0.372 e. The van der Waals surface area contributed by atoms with Gasteiger partial charge in [0.2, 0.25) is 5.91 Å². The highest BCUT2D eigenvalue weighted by Crippen LogP contribution is 2.40. The third-order valence-electron chi connectivity index (χ3n) is 4.45. The average Bonchev–Trinajstić information content (AvgIpc) is 3.18. The van der Waals surface area contributed by atoms with Crippen molar-refractivity contribution < 1.29 is 4.79 Å². The zero-order valence-corrected chi connectivity index (χ0v) is 16.0. The van der Waals surface area contributed by atoms with Crippen LogP contribution >= 0.6 is 23.1 Å². The van der Waals surface area contributed by atoms with Gasteiger partial charge in [0.05, 0.1) is 11.1 Å². The molecule has 0 unspecified atom stereocenters. The van der Waals surface area contributed by atoms with Crippen molar-refractivity contribution in [1.82, 2.24) is 15.0 Å². The van der Waals surface area contributed by atoms with E-state index < -0.39 is 0 Å². The lowest BCUT2D eigenvalue weighted by molar-refractivity contribution is -0.115. The Bertz CT molecular complexity index is 972. The summed E-state index contributed by atoms with van der Waals surface area (Å²) in [5.41, 5.74) is 9.60. The quantitative estimate of drug-likeness (QED) is 0.517. The van der Waals surface area contributed by atoms with E-state index in [9.17, 15) is 4.79 Å². The predicted octanol–water partition coefficient (Wildman–Crippen LogP) is 3.25. The molecule has 1 aliphatic carbocycles. The first-order chi connectivity index (χ1) is 12.7. The van der Waals surface area contributed by atoms with Crippen LogP contribution in [0.1, 0.15) is 24.1 Å². The second-order valence-electron chi connectivity index (χ2n) is 6.15. The number of hydrogen-bond acceptors (Lipinski definition) is 7. The highest BCUT2D eigenvalue weighted by Gasteiger charge is 2.23. The van der Waals surface area contributed by atoms with E-state index in [1.54, 1.807) is 11.3 Å². The lowest BCUT2D eigenvalue weighted by Crippen LogP contribution is -2.14. The maximum atomic E-state index is 11.1. The van der Waals surface area contributed by atoms with Gasteiger partial charge in [-0.05, 0) is 42.7 Å². The first kappa shape index (κ1) is 17.2. The summed E-state index contributed by atoms with van der Waals surface area (Å²) in [5, 5.41) is 6.75. The number of carbonyl (C=O) groups excluding carboxylic acids is 1. The number of pyridine rings is 1. The molecule has 0 radical (unpaired) electrons. The van der Waals surface area contributed by atoms with Crippen LogP contribution in [0.5, 0.6) is 0 Å². The Morgan fingerprint density at radius 3 is 2.88 bits per heavy atom. The molecule has 8 heteroatoms. The summed E-state index contributed by atoms with van der Waals surface area (Å²) in [5.74, 6) is 0.505. The molecule has 6 nitrogen and oxygen atoms in total. The van der Waals surface area contributed by atoms with Crippen LogP contribution in [0, 0.1) is 0 Å². The van der Waals surface area contributed by atoms with E-state index in [0.29, 0.717) is 10.8 Å². The first-order valence-corrected chi connectivity index (χ1v) is 10.4. The molecule has 0 bridgehead atoms. The van der Waals surface area contributed by atoms with Crippen molar-refractivity contribution >= 4 is 45.9 Å². The number of nitrogens with zero attached hydrogens (tertiary/aromatic N) is 3. The number of thiophene rings is 1. The standard InChI is InChI=1S/C18H19N5OS2/c1-20-16-15-14(12-7-4-8-25-12)10-5-2-3-6-11(10)21-17(15)23-18(22-16)26-9-13(19)24/h4,7-8H,2-3,5-6,9H2,1H3,(H2,19,24)(H,20,21,22,23). The van der Waals surface area contributed by atoms with Gasteiger partial charge in [0.15, 0.2) is 10.8 Å². The van der Waals surface area contributed by atoms with Crippen LogP contribution in [0.2, 0.25) is 0 Å². The Balaban J connectivity index is 1.98. The van der Waals surface area contributed by atoms with Crippen molar-refractivity contribution in [2.24, 2.45) is 5.73 Å². The smallest absolute Gasteiger partial charge is 0.227 e. The number of aromatic nitrogens is 3. The third kappa shape index (κ3) is 3.14. The second-order valence-corrected chi connectivity index (χ2v) is 8.05. The van der Waals surface area contributed by atoms with Gasteiger partial charge in [0, 0.05) is 23.2 Å². The number of anilines is 1. The number of thioether (sulfide) groups is 1. The minimum absolute atomic E-state index is 0.150. The van der Waals surface area contributed by atoms with Crippen molar-refractivity contribution in [3.63, 3.8) is 0 Å². The summed E-state index contributed by atoms with van der Waals surface area (Å²) in [6.45, 7) is 0. The number of carbonyl (C=O) groups is 1. The molecule has 1 amide bonds. The van der Waals surface area contributed by atoms with Crippen LogP contribution in [0.15, 0.2) is 22.7 Å². The van der Waals surface area contributed by atoms with Crippen molar-refractivity contribution in [2.75, 3.05) is 18.1 Å².